The van der Waals surface area contributed by atoms with Crippen LogP contribution in [0.1, 0.15) is 10.4 Å². The van der Waals surface area contributed by atoms with Crippen LogP contribution in [0, 0.1) is 0 Å². The summed E-state index contributed by atoms with van der Waals surface area (Å²) < 4.78 is 2.47. The molecule has 3 aromatic rings. The van der Waals surface area contributed by atoms with Crippen LogP contribution in [0.2, 0.25) is 0 Å². The second kappa shape index (κ2) is 5.31. The fourth-order valence-corrected chi connectivity index (χ4v) is 2.69. The van der Waals surface area contributed by atoms with E-state index in [1.54, 1.807) is 28.8 Å². The van der Waals surface area contributed by atoms with E-state index in [2.05, 4.69) is 15.9 Å². The molecule has 0 unspecified atom stereocenters. The van der Waals surface area contributed by atoms with Crippen LogP contribution in [-0.2, 0) is 4.79 Å². The summed E-state index contributed by atoms with van der Waals surface area (Å²) in [6.07, 6.45) is 1.50. The maximum absolute atomic E-state index is 11.9. The van der Waals surface area contributed by atoms with E-state index in [4.69, 9.17) is 5.11 Å². The Morgan fingerprint density at radius 1 is 1.05 bits per heavy atom. The number of nitrogens with zero attached hydrogens (tertiary/aromatic N) is 1. The predicted octanol–water partition coefficient (Wildman–Crippen LogP) is 3.37. The highest BCUT2D eigenvalue weighted by molar-refractivity contribution is 9.10. The van der Waals surface area contributed by atoms with E-state index in [9.17, 15) is 14.7 Å². The third-order valence-electron chi connectivity index (χ3n) is 3.33. The van der Waals surface area contributed by atoms with Gasteiger partial charge in [0.2, 0.25) is 0 Å². The van der Waals surface area contributed by atoms with E-state index < -0.39 is 11.8 Å². The molecular formula is C16H10BrNO4. The summed E-state index contributed by atoms with van der Waals surface area (Å²) in [5.74, 6) is -2.32. The minimum atomic E-state index is -1.50. The molecule has 0 radical (unpaired) electrons. The van der Waals surface area contributed by atoms with E-state index in [1.165, 1.54) is 18.3 Å². The van der Waals surface area contributed by atoms with Crippen molar-refractivity contribution in [3.63, 3.8) is 0 Å². The molecule has 0 saturated carbocycles. The first-order valence-corrected chi connectivity index (χ1v) is 7.14. The Kier molecular flexibility index (Phi) is 3.46. The van der Waals surface area contributed by atoms with Crippen LogP contribution in [0.5, 0.6) is 5.75 Å². The molecule has 110 valence electrons. The van der Waals surface area contributed by atoms with Crippen LogP contribution >= 0.6 is 15.9 Å². The van der Waals surface area contributed by atoms with Crippen molar-refractivity contribution in [1.29, 1.82) is 0 Å². The summed E-state index contributed by atoms with van der Waals surface area (Å²) in [5, 5.41) is 18.9. The van der Waals surface area contributed by atoms with Crippen molar-refractivity contribution < 1.29 is 19.8 Å². The van der Waals surface area contributed by atoms with Crippen LogP contribution in [-0.4, -0.2) is 26.5 Å². The number of carboxylic acids is 1. The molecule has 22 heavy (non-hydrogen) atoms. The number of halogens is 1. The van der Waals surface area contributed by atoms with Gasteiger partial charge in [-0.15, -0.1) is 0 Å². The van der Waals surface area contributed by atoms with E-state index in [0.29, 0.717) is 10.9 Å². The third kappa shape index (κ3) is 2.37. The number of Topliss-reactive ketones (excluding diaryl/α,β-unsaturated/α-hetero) is 1. The SMILES string of the molecule is O=C(O)C(=O)c1cn(-c2ccc(O)cc2)c2ccc(Br)cc12. The molecule has 1 aromatic heterocycles. The number of carbonyl (C=O) groups is 2. The highest BCUT2D eigenvalue weighted by Gasteiger charge is 2.21. The lowest BCUT2D eigenvalue weighted by molar-refractivity contribution is -0.131. The zero-order valence-corrected chi connectivity index (χ0v) is 12.7. The monoisotopic (exact) mass is 359 g/mol. The Hall–Kier alpha value is -2.60. The number of fused-ring (bicyclic) bond motifs is 1. The Balaban J connectivity index is 2.29. The van der Waals surface area contributed by atoms with E-state index in [-0.39, 0.29) is 11.3 Å². The van der Waals surface area contributed by atoms with Crippen molar-refractivity contribution in [3.8, 4) is 11.4 Å². The number of phenols is 1. The zero-order valence-electron chi connectivity index (χ0n) is 11.2. The lowest BCUT2D eigenvalue weighted by atomic mass is 10.1. The molecule has 0 aliphatic carbocycles. The smallest absolute Gasteiger partial charge is 0.377 e. The van der Waals surface area contributed by atoms with Gasteiger partial charge >= 0.3 is 5.97 Å². The average Bonchev–Trinajstić information content (AvgIpc) is 2.85. The molecule has 0 atom stereocenters. The van der Waals surface area contributed by atoms with Crippen LogP contribution < -0.4 is 0 Å². The largest absolute Gasteiger partial charge is 0.508 e. The van der Waals surface area contributed by atoms with E-state index in [1.807, 2.05) is 6.07 Å². The Morgan fingerprint density at radius 3 is 2.36 bits per heavy atom. The Labute approximate surface area is 133 Å². The Morgan fingerprint density at radius 2 is 1.73 bits per heavy atom. The molecule has 0 bridgehead atoms. The van der Waals surface area contributed by atoms with Gasteiger partial charge in [0, 0.05) is 21.7 Å². The van der Waals surface area contributed by atoms with Crippen molar-refractivity contribution in [2.75, 3.05) is 0 Å². The number of carbonyl (C=O) groups excluding carboxylic acids is 1. The van der Waals surface area contributed by atoms with Gasteiger partial charge in [0.25, 0.3) is 5.78 Å². The molecule has 0 spiro atoms. The third-order valence-corrected chi connectivity index (χ3v) is 3.83. The molecule has 2 N–H and O–H groups in total. The van der Waals surface area contributed by atoms with Crippen molar-refractivity contribution in [1.82, 2.24) is 4.57 Å². The summed E-state index contributed by atoms with van der Waals surface area (Å²) in [7, 11) is 0. The van der Waals surface area contributed by atoms with Gasteiger partial charge in [-0.1, -0.05) is 15.9 Å². The first kappa shape index (κ1) is 14.3. The molecular weight excluding hydrogens is 350 g/mol. The number of aromatic nitrogens is 1. The van der Waals surface area contributed by atoms with Gasteiger partial charge in [-0.3, -0.25) is 4.79 Å². The van der Waals surface area contributed by atoms with Gasteiger partial charge in [0.05, 0.1) is 11.1 Å². The fourth-order valence-electron chi connectivity index (χ4n) is 2.33. The lowest BCUT2D eigenvalue weighted by Crippen LogP contribution is -2.12. The van der Waals surface area contributed by atoms with Gasteiger partial charge in [-0.2, -0.15) is 0 Å². The summed E-state index contributed by atoms with van der Waals surface area (Å²) in [4.78, 5) is 22.9. The quantitative estimate of drug-likeness (QED) is 0.555. The number of phenolic OH excluding ortho intramolecular Hbond substituents is 1. The van der Waals surface area contributed by atoms with Gasteiger partial charge in [-0.05, 0) is 42.5 Å². The summed E-state index contributed by atoms with van der Waals surface area (Å²) in [6, 6.07) is 11.7. The fraction of sp³-hybridized carbons (Fsp3) is 0. The van der Waals surface area contributed by atoms with Gasteiger partial charge in [0.15, 0.2) is 0 Å². The number of hydrogen-bond acceptors (Lipinski definition) is 3. The van der Waals surface area contributed by atoms with Crippen LogP contribution in [0.4, 0.5) is 0 Å². The number of carboxylic acid groups (broad SMARTS) is 1. The van der Waals surface area contributed by atoms with Crippen LogP contribution in [0.25, 0.3) is 16.6 Å². The van der Waals surface area contributed by atoms with E-state index in [0.717, 1.165) is 10.2 Å². The van der Waals surface area contributed by atoms with Crippen molar-refractivity contribution >= 4 is 38.6 Å². The number of ketones is 1. The molecule has 1 heterocycles. The van der Waals surface area contributed by atoms with Gasteiger partial charge in [0.1, 0.15) is 5.75 Å². The van der Waals surface area contributed by atoms with Crippen LogP contribution in [0.15, 0.2) is 53.1 Å². The van der Waals surface area contributed by atoms with Crippen molar-refractivity contribution in [2.45, 2.75) is 0 Å². The summed E-state index contributed by atoms with van der Waals surface area (Å²) >= 11 is 3.33. The molecule has 0 amide bonds. The minimum Gasteiger partial charge on any atom is -0.508 e. The normalized spacial score (nSPS) is 10.8. The maximum atomic E-state index is 11.9. The highest BCUT2D eigenvalue weighted by Crippen LogP contribution is 2.28. The van der Waals surface area contributed by atoms with Gasteiger partial charge < -0.3 is 14.8 Å². The second-order valence-electron chi connectivity index (χ2n) is 4.72. The topological polar surface area (TPSA) is 79.5 Å². The molecule has 5 nitrogen and oxygen atoms in total. The number of hydrogen-bond donors (Lipinski definition) is 2. The average molecular weight is 360 g/mol. The highest BCUT2D eigenvalue weighted by atomic mass is 79.9. The van der Waals surface area contributed by atoms with Crippen LogP contribution in [0.3, 0.4) is 0 Å². The number of aromatic hydroxyl groups is 1. The number of benzene rings is 2. The second-order valence-corrected chi connectivity index (χ2v) is 5.64. The minimum absolute atomic E-state index is 0.122. The molecule has 3 rings (SSSR count). The first-order valence-electron chi connectivity index (χ1n) is 6.35. The molecule has 0 aliphatic heterocycles. The molecule has 0 saturated heterocycles. The standard InChI is InChI=1S/C16H10BrNO4/c17-9-1-6-14-12(7-9)13(15(20)16(21)22)8-18(14)10-2-4-11(19)5-3-10/h1-8,19H,(H,21,22). The van der Waals surface area contributed by atoms with Crippen molar-refractivity contribution in [3.05, 3.63) is 58.7 Å². The predicted molar refractivity (Wildman–Crippen MR) is 84.6 cm³/mol. The molecule has 0 aliphatic rings. The number of aliphatic carboxylic acids is 1. The Bertz CT molecular complexity index is 896. The lowest BCUT2D eigenvalue weighted by Gasteiger charge is -2.05. The molecule has 6 heteroatoms. The molecule has 0 fully saturated rings. The maximum Gasteiger partial charge on any atom is 0.377 e. The van der Waals surface area contributed by atoms with E-state index >= 15 is 0 Å². The zero-order chi connectivity index (χ0) is 15.9. The number of rotatable bonds is 3. The van der Waals surface area contributed by atoms with Crippen molar-refractivity contribution in [2.24, 2.45) is 0 Å². The molecule has 2 aromatic carbocycles. The van der Waals surface area contributed by atoms with Gasteiger partial charge in [-0.25, -0.2) is 4.79 Å². The summed E-state index contributed by atoms with van der Waals surface area (Å²) in [5.41, 5.74) is 1.55. The summed E-state index contributed by atoms with van der Waals surface area (Å²) in [6.45, 7) is 0. The first-order chi connectivity index (χ1) is 10.5.